The normalized spacial score (nSPS) is 10.3. The maximum absolute atomic E-state index is 13.3. The van der Waals surface area contributed by atoms with Crippen LogP contribution in [0.2, 0.25) is 0 Å². The van der Waals surface area contributed by atoms with Crippen LogP contribution in [0.1, 0.15) is 15.9 Å². The molecule has 0 atom stereocenters. The summed E-state index contributed by atoms with van der Waals surface area (Å²) >= 11 is 0. The van der Waals surface area contributed by atoms with Crippen molar-refractivity contribution in [3.63, 3.8) is 0 Å². The minimum atomic E-state index is -0.756. The first kappa shape index (κ1) is 13.1. The molecule has 0 spiro atoms. The van der Waals surface area contributed by atoms with Crippen LogP contribution in [0.5, 0.6) is 0 Å². The van der Waals surface area contributed by atoms with Gasteiger partial charge in [-0.2, -0.15) is 0 Å². The van der Waals surface area contributed by atoms with Crippen molar-refractivity contribution in [3.8, 4) is 0 Å². The molecule has 1 amide bonds. The van der Waals surface area contributed by atoms with Gasteiger partial charge in [-0.05, 0) is 24.3 Å². The second kappa shape index (κ2) is 5.56. The zero-order valence-corrected chi connectivity index (χ0v) is 9.79. The lowest BCUT2D eigenvalue weighted by Crippen LogP contribution is -2.24. The SMILES string of the molecule is O=C(NCc1c(F)cccc1F)c1ccccc1F. The van der Waals surface area contributed by atoms with Crippen LogP contribution >= 0.6 is 0 Å². The molecule has 19 heavy (non-hydrogen) atoms. The molecule has 0 fully saturated rings. The van der Waals surface area contributed by atoms with Crippen LogP contribution in [-0.4, -0.2) is 5.91 Å². The van der Waals surface area contributed by atoms with Crippen LogP contribution in [0, 0.1) is 17.5 Å². The molecule has 0 aliphatic rings. The second-order valence-corrected chi connectivity index (χ2v) is 3.86. The summed E-state index contributed by atoms with van der Waals surface area (Å²) in [5.41, 5.74) is -0.425. The number of halogens is 3. The summed E-state index contributed by atoms with van der Waals surface area (Å²) in [4.78, 5) is 11.7. The molecule has 0 heterocycles. The maximum Gasteiger partial charge on any atom is 0.254 e. The fraction of sp³-hybridized carbons (Fsp3) is 0.0714. The number of benzene rings is 2. The first-order chi connectivity index (χ1) is 9.09. The van der Waals surface area contributed by atoms with E-state index in [4.69, 9.17) is 0 Å². The van der Waals surface area contributed by atoms with Gasteiger partial charge in [0.15, 0.2) is 0 Å². The van der Waals surface area contributed by atoms with E-state index < -0.39 is 23.4 Å². The van der Waals surface area contributed by atoms with Crippen molar-refractivity contribution in [1.82, 2.24) is 5.32 Å². The Kier molecular flexibility index (Phi) is 3.85. The van der Waals surface area contributed by atoms with Crippen LogP contribution in [0.3, 0.4) is 0 Å². The van der Waals surface area contributed by atoms with Gasteiger partial charge in [0.05, 0.1) is 5.56 Å². The topological polar surface area (TPSA) is 29.1 Å². The summed E-state index contributed by atoms with van der Waals surface area (Å²) in [6.07, 6.45) is 0. The van der Waals surface area contributed by atoms with E-state index in [1.807, 2.05) is 0 Å². The highest BCUT2D eigenvalue weighted by molar-refractivity contribution is 5.94. The number of hydrogen-bond donors (Lipinski definition) is 1. The van der Waals surface area contributed by atoms with Gasteiger partial charge < -0.3 is 5.32 Å². The van der Waals surface area contributed by atoms with Gasteiger partial charge in [0.1, 0.15) is 17.5 Å². The van der Waals surface area contributed by atoms with Crippen molar-refractivity contribution >= 4 is 5.91 Å². The monoisotopic (exact) mass is 265 g/mol. The van der Waals surface area contributed by atoms with E-state index in [0.29, 0.717) is 0 Å². The van der Waals surface area contributed by atoms with Gasteiger partial charge >= 0.3 is 0 Å². The molecule has 0 saturated carbocycles. The van der Waals surface area contributed by atoms with Crippen LogP contribution < -0.4 is 5.32 Å². The number of hydrogen-bond acceptors (Lipinski definition) is 1. The first-order valence-corrected chi connectivity index (χ1v) is 5.55. The molecule has 1 N–H and O–H groups in total. The van der Waals surface area contributed by atoms with Crippen molar-refractivity contribution in [2.75, 3.05) is 0 Å². The van der Waals surface area contributed by atoms with E-state index in [0.717, 1.165) is 18.2 Å². The molecule has 0 unspecified atom stereocenters. The average molecular weight is 265 g/mol. The molecule has 5 heteroatoms. The molecule has 98 valence electrons. The van der Waals surface area contributed by atoms with Crippen molar-refractivity contribution in [2.24, 2.45) is 0 Å². The standard InChI is InChI=1S/C14H10F3NO/c15-11-5-2-1-4-9(11)14(19)18-8-10-12(16)6-3-7-13(10)17/h1-7H,8H2,(H,18,19). The third-order valence-corrected chi connectivity index (χ3v) is 2.61. The van der Waals surface area contributed by atoms with Crippen LogP contribution in [0.15, 0.2) is 42.5 Å². The highest BCUT2D eigenvalue weighted by Crippen LogP contribution is 2.12. The summed E-state index contributed by atoms with van der Waals surface area (Å²) in [7, 11) is 0. The Morgan fingerprint density at radius 2 is 1.47 bits per heavy atom. The Bertz CT molecular complexity index is 593. The second-order valence-electron chi connectivity index (χ2n) is 3.86. The van der Waals surface area contributed by atoms with E-state index in [9.17, 15) is 18.0 Å². The zero-order chi connectivity index (χ0) is 13.8. The Morgan fingerprint density at radius 3 is 2.11 bits per heavy atom. The lowest BCUT2D eigenvalue weighted by molar-refractivity contribution is 0.0946. The fourth-order valence-corrected chi connectivity index (χ4v) is 1.61. The first-order valence-electron chi connectivity index (χ1n) is 5.55. The summed E-state index contributed by atoms with van der Waals surface area (Å²) in [6.45, 7) is -0.342. The smallest absolute Gasteiger partial charge is 0.254 e. The summed E-state index contributed by atoms with van der Waals surface area (Å²) in [5, 5.41) is 2.28. The number of carbonyl (C=O) groups excluding carboxylic acids is 1. The molecule has 0 aromatic heterocycles. The van der Waals surface area contributed by atoms with E-state index in [-0.39, 0.29) is 17.7 Å². The van der Waals surface area contributed by atoms with Gasteiger partial charge in [-0.25, -0.2) is 13.2 Å². The predicted molar refractivity (Wildman–Crippen MR) is 63.9 cm³/mol. The number of nitrogens with one attached hydrogen (secondary N) is 1. The summed E-state index contributed by atoms with van der Waals surface area (Å²) in [5.74, 6) is -2.92. The lowest BCUT2D eigenvalue weighted by Gasteiger charge is -2.07. The molecule has 2 aromatic carbocycles. The highest BCUT2D eigenvalue weighted by Gasteiger charge is 2.13. The molecular formula is C14H10F3NO. The molecular weight excluding hydrogens is 255 g/mol. The van der Waals surface area contributed by atoms with Gasteiger partial charge in [0.25, 0.3) is 5.91 Å². The third-order valence-electron chi connectivity index (χ3n) is 2.61. The van der Waals surface area contributed by atoms with Crippen molar-refractivity contribution in [3.05, 3.63) is 71.0 Å². The Labute approximate surface area is 107 Å². The average Bonchev–Trinajstić information content (AvgIpc) is 2.38. The minimum Gasteiger partial charge on any atom is -0.348 e. The molecule has 0 saturated heterocycles. The van der Waals surface area contributed by atoms with Gasteiger partial charge in [0.2, 0.25) is 0 Å². The largest absolute Gasteiger partial charge is 0.348 e. The van der Waals surface area contributed by atoms with Crippen LogP contribution in [-0.2, 0) is 6.54 Å². The Balaban J connectivity index is 2.11. The molecule has 0 bridgehead atoms. The highest BCUT2D eigenvalue weighted by atomic mass is 19.1. The Morgan fingerprint density at radius 1 is 0.895 bits per heavy atom. The minimum absolute atomic E-state index is 0.167. The number of carbonyl (C=O) groups is 1. The van der Waals surface area contributed by atoms with Gasteiger partial charge in [-0.1, -0.05) is 18.2 Å². The van der Waals surface area contributed by atoms with E-state index in [1.165, 1.54) is 24.3 Å². The van der Waals surface area contributed by atoms with E-state index in [2.05, 4.69) is 5.32 Å². The maximum atomic E-state index is 13.3. The van der Waals surface area contributed by atoms with Crippen molar-refractivity contribution in [2.45, 2.75) is 6.54 Å². The van der Waals surface area contributed by atoms with Crippen molar-refractivity contribution < 1.29 is 18.0 Å². The molecule has 2 nitrogen and oxygen atoms in total. The van der Waals surface area contributed by atoms with Crippen molar-refractivity contribution in [1.29, 1.82) is 0 Å². The zero-order valence-electron chi connectivity index (χ0n) is 9.79. The molecule has 0 aliphatic carbocycles. The molecule has 2 aromatic rings. The third kappa shape index (κ3) is 2.93. The molecule has 2 rings (SSSR count). The van der Waals surface area contributed by atoms with Gasteiger partial charge in [0, 0.05) is 12.1 Å². The number of amides is 1. The van der Waals surface area contributed by atoms with Gasteiger partial charge in [-0.3, -0.25) is 4.79 Å². The number of rotatable bonds is 3. The van der Waals surface area contributed by atoms with E-state index in [1.54, 1.807) is 0 Å². The molecule has 0 aliphatic heterocycles. The lowest BCUT2D eigenvalue weighted by atomic mass is 10.1. The van der Waals surface area contributed by atoms with Gasteiger partial charge in [-0.15, -0.1) is 0 Å². The fourth-order valence-electron chi connectivity index (χ4n) is 1.61. The van der Waals surface area contributed by atoms with E-state index >= 15 is 0 Å². The molecule has 0 radical (unpaired) electrons. The quantitative estimate of drug-likeness (QED) is 0.908. The Hall–Kier alpha value is -2.30. The predicted octanol–water partition coefficient (Wildman–Crippen LogP) is 3.03. The van der Waals surface area contributed by atoms with Crippen LogP contribution in [0.4, 0.5) is 13.2 Å². The summed E-state index contributed by atoms with van der Waals surface area (Å²) < 4.78 is 39.9. The van der Waals surface area contributed by atoms with Crippen LogP contribution in [0.25, 0.3) is 0 Å². The summed E-state index contributed by atoms with van der Waals surface area (Å²) in [6, 6.07) is 8.79.